The first kappa shape index (κ1) is 14.8. The molecule has 0 fully saturated rings. The van der Waals surface area contributed by atoms with Crippen LogP contribution in [0.15, 0.2) is 36.5 Å². The zero-order valence-electron chi connectivity index (χ0n) is 11.9. The van der Waals surface area contributed by atoms with Crippen LogP contribution in [-0.4, -0.2) is 45.7 Å². The molecule has 0 radical (unpaired) electrons. The van der Waals surface area contributed by atoms with Crippen molar-refractivity contribution < 1.29 is 14.7 Å². The van der Waals surface area contributed by atoms with E-state index in [1.54, 1.807) is 14.0 Å². The van der Waals surface area contributed by atoms with Crippen molar-refractivity contribution in [3.63, 3.8) is 0 Å². The van der Waals surface area contributed by atoms with E-state index in [9.17, 15) is 9.59 Å². The van der Waals surface area contributed by atoms with Crippen molar-refractivity contribution in [2.24, 2.45) is 5.92 Å². The average Bonchev–Trinajstić information content (AvgIpc) is 2.96. The Labute approximate surface area is 122 Å². The molecule has 0 aliphatic carbocycles. The molecular formula is C15H17N3O3. The number of aromatic amines is 1. The van der Waals surface area contributed by atoms with Gasteiger partial charge in [-0.25, -0.2) is 0 Å². The number of aromatic nitrogens is 2. The third-order valence-electron chi connectivity index (χ3n) is 3.25. The molecule has 6 heteroatoms. The maximum absolute atomic E-state index is 12.4. The third kappa shape index (κ3) is 3.28. The number of carbonyl (C=O) groups is 2. The van der Waals surface area contributed by atoms with E-state index in [-0.39, 0.29) is 12.5 Å². The van der Waals surface area contributed by atoms with Gasteiger partial charge in [0.1, 0.15) is 0 Å². The molecule has 1 heterocycles. The quantitative estimate of drug-likeness (QED) is 0.879. The number of benzene rings is 1. The van der Waals surface area contributed by atoms with E-state index in [1.807, 2.05) is 30.3 Å². The number of carboxylic acids is 1. The standard InChI is InChI=1S/C15H17N3O3/c1-10(15(20)21)9-18(2)14(19)12-8-16-17-13(12)11-6-4-3-5-7-11/h3-8,10H,9H2,1-2H3,(H,16,17)(H,20,21). The van der Waals surface area contributed by atoms with Gasteiger partial charge in [-0.15, -0.1) is 0 Å². The van der Waals surface area contributed by atoms with Crippen molar-refractivity contribution in [1.82, 2.24) is 15.1 Å². The summed E-state index contributed by atoms with van der Waals surface area (Å²) in [5.41, 5.74) is 1.93. The van der Waals surface area contributed by atoms with Crippen molar-refractivity contribution in [2.75, 3.05) is 13.6 Å². The Bertz CT molecular complexity index is 637. The Kier molecular flexibility index (Phi) is 4.37. The predicted molar refractivity (Wildman–Crippen MR) is 77.8 cm³/mol. The van der Waals surface area contributed by atoms with Gasteiger partial charge in [0.25, 0.3) is 5.91 Å². The minimum absolute atomic E-state index is 0.146. The number of hydrogen-bond donors (Lipinski definition) is 2. The van der Waals surface area contributed by atoms with Crippen LogP contribution < -0.4 is 0 Å². The molecule has 21 heavy (non-hydrogen) atoms. The summed E-state index contributed by atoms with van der Waals surface area (Å²) in [4.78, 5) is 24.7. The van der Waals surface area contributed by atoms with Gasteiger partial charge in [0.2, 0.25) is 0 Å². The average molecular weight is 287 g/mol. The molecule has 1 atom stereocenters. The van der Waals surface area contributed by atoms with E-state index in [0.29, 0.717) is 11.3 Å². The van der Waals surface area contributed by atoms with Gasteiger partial charge in [0.05, 0.1) is 23.4 Å². The normalized spacial score (nSPS) is 11.9. The van der Waals surface area contributed by atoms with Gasteiger partial charge in [-0.1, -0.05) is 37.3 Å². The molecule has 1 unspecified atom stereocenters. The maximum Gasteiger partial charge on any atom is 0.308 e. The lowest BCUT2D eigenvalue weighted by Crippen LogP contribution is -2.33. The lowest BCUT2D eigenvalue weighted by Gasteiger charge is -2.19. The topological polar surface area (TPSA) is 86.3 Å². The van der Waals surface area contributed by atoms with Gasteiger partial charge in [0.15, 0.2) is 0 Å². The van der Waals surface area contributed by atoms with Gasteiger partial charge < -0.3 is 10.0 Å². The van der Waals surface area contributed by atoms with Gasteiger partial charge in [-0.05, 0) is 0 Å². The molecule has 1 amide bonds. The van der Waals surface area contributed by atoms with Crippen molar-refractivity contribution in [3.8, 4) is 11.3 Å². The van der Waals surface area contributed by atoms with Crippen LogP contribution in [0.4, 0.5) is 0 Å². The van der Waals surface area contributed by atoms with Crippen molar-refractivity contribution in [3.05, 3.63) is 42.1 Å². The van der Waals surface area contributed by atoms with E-state index in [1.165, 1.54) is 11.1 Å². The molecule has 0 aliphatic heterocycles. The number of H-pyrrole nitrogens is 1. The fourth-order valence-corrected chi connectivity index (χ4v) is 2.05. The second kappa shape index (κ2) is 6.21. The summed E-state index contributed by atoms with van der Waals surface area (Å²) in [6.07, 6.45) is 1.46. The van der Waals surface area contributed by atoms with Crippen LogP contribution in [-0.2, 0) is 4.79 Å². The van der Waals surface area contributed by atoms with Gasteiger partial charge >= 0.3 is 5.97 Å². The highest BCUT2D eigenvalue weighted by Gasteiger charge is 2.22. The summed E-state index contributed by atoms with van der Waals surface area (Å²) in [6, 6.07) is 9.40. The van der Waals surface area contributed by atoms with Crippen LogP contribution in [0.1, 0.15) is 17.3 Å². The number of carboxylic acid groups (broad SMARTS) is 1. The highest BCUT2D eigenvalue weighted by Crippen LogP contribution is 2.21. The first-order valence-corrected chi connectivity index (χ1v) is 6.57. The lowest BCUT2D eigenvalue weighted by molar-refractivity contribution is -0.141. The lowest BCUT2D eigenvalue weighted by atomic mass is 10.1. The van der Waals surface area contributed by atoms with E-state index in [0.717, 1.165) is 5.56 Å². The van der Waals surface area contributed by atoms with E-state index in [4.69, 9.17) is 5.11 Å². The molecule has 0 bridgehead atoms. The third-order valence-corrected chi connectivity index (χ3v) is 3.25. The second-order valence-corrected chi connectivity index (χ2v) is 4.95. The molecule has 110 valence electrons. The summed E-state index contributed by atoms with van der Waals surface area (Å²) in [6.45, 7) is 1.72. The Morgan fingerprint density at radius 3 is 2.62 bits per heavy atom. The monoisotopic (exact) mass is 287 g/mol. The van der Waals surface area contributed by atoms with Crippen molar-refractivity contribution >= 4 is 11.9 Å². The second-order valence-electron chi connectivity index (χ2n) is 4.95. The van der Waals surface area contributed by atoms with E-state index >= 15 is 0 Å². The molecule has 1 aromatic carbocycles. The minimum atomic E-state index is -0.926. The van der Waals surface area contributed by atoms with Crippen molar-refractivity contribution in [2.45, 2.75) is 6.92 Å². The molecule has 0 saturated heterocycles. The molecule has 0 aliphatic rings. The summed E-state index contributed by atoms with van der Waals surface area (Å²) >= 11 is 0. The number of nitrogens with one attached hydrogen (secondary N) is 1. The fraction of sp³-hybridized carbons (Fsp3) is 0.267. The number of rotatable bonds is 5. The highest BCUT2D eigenvalue weighted by molar-refractivity contribution is 5.99. The largest absolute Gasteiger partial charge is 0.481 e. The summed E-state index contributed by atoms with van der Waals surface area (Å²) in [5.74, 6) is -1.80. The van der Waals surface area contributed by atoms with Crippen LogP contribution >= 0.6 is 0 Å². The van der Waals surface area contributed by atoms with E-state index in [2.05, 4.69) is 10.2 Å². The molecule has 2 aromatic rings. The summed E-state index contributed by atoms with van der Waals surface area (Å²) in [7, 11) is 1.59. The number of carbonyl (C=O) groups excluding carboxylic acids is 1. The SMILES string of the molecule is CC(CN(C)C(=O)c1cn[nH]c1-c1ccccc1)C(=O)O. The van der Waals surface area contributed by atoms with Gasteiger partial charge in [-0.3, -0.25) is 14.7 Å². The summed E-state index contributed by atoms with van der Waals surface area (Å²) in [5, 5.41) is 15.7. The van der Waals surface area contributed by atoms with Crippen LogP contribution in [0.25, 0.3) is 11.3 Å². The molecular weight excluding hydrogens is 270 g/mol. The van der Waals surface area contributed by atoms with Crippen LogP contribution in [0.3, 0.4) is 0 Å². The van der Waals surface area contributed by atoms with Crippen molar-refractivity contribution in [1.29, 1.82) is 0 Å². The first-order valence-electron chi connectivity index (χ1n) is 6.57. The minimum Gasteiger partial charge on any atom is -0.481 e. The molecule has 1 aromatic heterocycles. The number of amides is 1. The Hall–Kier alpha value is -2.63. The number of aliphatic carboxylic acids is 1. The van der Waals surface area contributed by atoms with Crippen LogP contribution in [0.2, 0.25) is 0 Å². The zero-order chi connectivity index (χ0) is 15.4. The smallest absolute Gasteiger partial charge is 0.308 e. The molecule has 6 nitrogen and oxygen atoms in total. The fourth-order valence-electron chi connectivity index (χ4n) is 2.05. The molecule has 0 spiro atoms. The molecule has 2 rings (SSSR count). The zero-order valence-corrected chi connectivity index (χ0v) is 11.9. The molecule has 0 saturated carbocycles. The Morgan fingerprint density at radius 2 is 2.00 bits per heavy atom. The van der Waals surface area contributed by atoms with Gasteiger partial charge in [0, 0.05) is 19.2 Å². The highest BCUT2D eigenvalue weighted by atomic mass is 16.4. The predicted octanol–water partition coefficient (Wildman–Crippen LogP) is 1.87. The first-order chi connectivity index (χ1) is 10.0. The number of hydrogen-bond acceptors (Lipinski definition) is 3. The molecule has 2 N–H and O–H groups in total. The maximum atomic E-state index is 12.4. The number of nitrogens with zero attached hydrogens (tertiary/aromatic N) is 2. The van der Waals surface area contributed by atoms with E-state index < -0.39 is 11.9 Å². The van der Waals surface area contributed by atoms with Crippen LogP contribution in [0.5, 0.6) is 0 Å². The summed E-state index contributed by atoms with van der Waals surface area (Å²) < 4.78 is 0. The van der Waals surface area contributed by atoms with Crippen LogP contribution in [0, 0.1) is 5.92 Å². The van der Waals surface area contributed by atoms with Gasteiger partial charge in [-0.2, -0.15) is 5.10 Å². The Balaban J connectivity index is 2.21. The Morgan fingerprint density at radius 1 is 1.33 bits per heavy atom.